The van der Waals surface area contributed by atoms with Crippen LogP contribution in [0, 0.1) is 12.8 Å². The predicted octanol–water partition coefficient (Wildman–Crippen LogP) is 3.72. The number of sulfone groups is 1. The number of hydrogen-bond acceptors (Lipinski definition) is 5. The van der Waals surface area contributed by atoms with Gasteiger partial charge in [0.2, 0.25) is 0 Å². The summed E-state index contributed by atoms with van der Waals surface area (Å²) in [5.41, 5.74) is 1.60. The molecule has 1 aromatic heterocycles. The van der Waals surface area contributed by atoms with E-state index in [1.165, 1.54) is 18.9 Å². The fourth-order valence-electron chi connectivity index (χ4n) is 4.13. The molecular formula is C23H22N2O4S. The minimum absolute atomic E-state index is 0.0121. The van der Waals surface area contributed by atoms with E-state index >= 15 is 0 Å². The molecule has 30 heavy (non-hydrogen) atoms. The number of benzene rings is 2. The van der Waals surface area contributed by atoms with Gasteiger partial charge < -0.3 is 9.67 Å². The normalized spacial score (nSPS) is 17.6. The van der Waals surface area contributed by atoms with E-state index in [0.29, 0.717) is 29.1 Å². The molecule has 6 nitrogen and oxygen atoms in total. The van der Waals surface area contributed by atoms with Crippen molar-refractivity contribution >= 4 is 32.1 Å². The smallest absolute Gasteiger partial charge is 0.263 e. The van der Waals surface area contributed by atoms with E-state index in [2.05, 4.69) is 4.99 Å². The van der Waals surface area contributed by atoms with Crippen molar-refractivity contribution < 1.29 is 13.5 Å². The van der Waals surface area contributed by atoms with Crippen LogP contribution in [-0.2, 0) is 16.4 Å². The maximum Gasteiger partial charge on any atom is 0.263 e. The van der Waals surface area contributed by atoms with Crippen molar-refractivity contribution in [3.63, 3.8) is 0 Å². The molecule has 0 unspecified atom stereocenters. The molecule has 0 bridgehead atoms. The van der Waals surface area contributed by atoms with E-state index in [9.17, 15) is 18.3 Å². The number of aliphatic imine (C=N–C) groups is 1. The molecule has 1 fully saturated rings. The lowest BCUT2D eigenvalue weighted by molar-refractivity contribution is 0.476. The van der Waals surface area contributed by atoms with E-state index in [0.717, 1.165) is 12.0 Å². The van der Waals surface area contributed by atoms with Gasteiger partial charge in [-0.15, -0.1) is 0 Å². The Morgan fingerprint density at radius 1 is 1.17 bits per heavy atom. The summed E-state index contributed by atoms with van der Waals surface area (Å²) in [7, 11) is -3.65. The lowest BCUT2D eigenvalue weighted by Gasteiger charge is -2.19. The van der Waals surface area contributed by atoms with Gasteiger partial charge in [-0.05, 0) is 43.5 Å². The van der Waals surface area contributed by atoms with Crippen LogP contribution in [0.5, 0.6) is 5.75 Å². The average molecular weight is 423 g/mol. The molecule has 2 aliphatic rings. The van der Waals surface area contributed by atoms with E-state index in [4.69, 9.17) is 0 Å². The molecule has 0 spiro atoms. The Hall–Kier alpha value is -2.93. The zero-order chi connectivity index (χ0) is 21.0. The van der Waals surface area contributed by atoms with Crippen LogP contribution in [0.15, 0.2) is 57.1 Å². The first-order chi connectivity index (χ1) is 14.3. The monoisotopic (exact) mass is 422 g/mol. The van der Waals surface area contributed by atoms with Gasteiger partial charge in [0.25, 0.3) is 5.56 Å². The van der Waals surface area contributed by atoms with Crippen LogP contribution in [0.2, 0.25) is 0 Å². The van der Waals surface area contributed by atoms with Gasteiger partial charge in [0.15, 0.2) is 9.84 Å². The summed E-state index contributed by atoms with van der Waals surface area (Å²) in [4.78, 5) is 18.1. The summed E-state index contributed by atoms with van der Waals surface area (Å²) in [6, 6.07) is 12.1. The first kappa shape index (κ1) is 19.1. The summed E-state index contributed by atoms with van der Waals surface area (Å²) >= 11 is 0. The Labute approximate surface area is 174 Å². The number of nitrogens with zero attached hydrogens (tertiary/aromatic N) is 2. The third-order valence-electron chi connectivity index (χ3n) is 5.92. The Balaban J connectivity index is 1.77. The minimum Gasteiger partial charge on any atom is -0.506 e. The highest BCUT2D eigenvalue weighted by atomic mass is 32.2. The Kier molecular flexibility index (Phi) is 4.32. The lowest BCUT2D eigenvalue weighted by atomic mass is 10.0. The van der Waals surface area contributed by atoms with Crippen LogP contribution in [0.25, 0.3) is 10.9 Å². The van der Waals surface area contributed by atoms with Gasteiger partial charge in [-0.1, -0.05) is 36.6 Å². The van der Waals surface area contributed by atoms with Crippen molar-refractivity contribution in [2.45, 2.75) is 37.6 Å². The van der Waals surface area contributed by atoms with E-state index < -0.39 is 21.1 Å². The predicted molar refractivity (Wildman–Crippen MR) is 117 cm³/mol. The molecule has 7 heteroatoms. The van der Waals surface area contributed by atoms with Gasteiger partial charge in [0, 0.05) is 11.9 Å². The van der Waals surface area contributed by atoms with Crippen molar-refractivity contribution in [3.05, 3.63) is 63.9 Å². The molecule has 2 aromatic carbocycles. The van der Waals surface area contributed by atoms with Crippen molar-refractivity contribution in [1.29, 1.82) is 0 Å². The average Bonchev–Trinajstić information content (AvgIpc) is 3.52. The Morgan fingerprint density at radius 2 is 1.93 bits per heavy atom. The largest absolute Gasteiger partial charge is 0.506 e. The van der Waals surface area contributed by atoms with Gasteiger partial charge in [-0.25, -0.2) is 8.42 Å². The molecule has 0 amide bonds. The highest BCUT2D eigenvalue weighted by molar-refractivity contribution is 7.92. The number of aromatic hydroxyl groups is 1. The third-order valence-corrected chi connectivity index (χ3v) is 7.59. The number of para-hydroxylation sites is 1. The van der Waals surface area contributed by atoms with E-state index in [-0.39, 0.29) is 21.9 Å². The fourth-order valence-corrected chi connectivity index (χ4v) is 5.57. The van der Waals surface area contributed by atoms with Crippen molar-refractivity contribution in [1.82, 2.24) is 4.57 Å². The van der Waals surface area contributed by atoms with Crippen LogP contribution < -0.4 is 5.56 Å². The van der Waals surface area contributed by atoms with E-state index in [1.807, 2.05) is 25.1 Å². The second-order valence-electron chi connectivity index (χ2n) is 8.22. The van der Waals surface area contributed by atoms with Crippen LogP contribution in [0.3, 0.4) is 0 Å². The van der Waals surface area contributed by atoms with Crippen LogP contribution in [0.4, 0.5) is 5.69 Å². The number of pyridine rings is 1. The number of rotatable bonds is 4. The summed E-state index contributed by atoms with van der Waals surface area (Å²) < 4.78 is 27.3. The minimum atomic E-state index is -3.65. The number of aromatic nitrogens is 1. The van der Waals surface area contributed by atoms with Crippen LogP contribution in [0.1, 0.15) is 30.4 Å². The lowest BCUT2D eigenvalue weighted by Crippen LogP contribution is -2.31. The van der Waals surface area contributed by atoms with Crippen LogP contribution >= 0.6 is 0 Å². The Morgan fingerprint density at radius 3 is 2.70 bits per heavy atom. The third kappa shape index (κ3) is 3.13. The first-order valence-electron chi connectivity index (χ1n) is 10.1. The zero-order valence-corrected chi connectivity index (χ0v) is 17.4. The maximum atomic E-state index is 13.5. The number of aryl methyl sites for hydroxylation is 2. The maximum absolute atomic E-state index is 13.5. The van der Waals surface area contributed by atoms with Crippen LogP contribution in [-0.4, -0.2) is 29.6 Å². The molecular weight excluding hydrogens is 400 g/mol. The zero-order valence-electron chi connectivity index (χ0n) is 16.6. The quantitative estimate of drug-likeness (QED) is 0.694. The van der Waals surface area contributed by atoms with Gasteiger partial charge in [-0.2, -0.15) is 0 Å². The standard InChI is InChI=1S/C23H22N2O4S/c1-14-6-9-19-16(12-14)22(26)21(23(27)25(19)11-10-15-7-8-15)18-13-30(28,29)20-5-3-2-4-17(20)24-18/h2-6,9,12,15,26H,7-8,10-11,13H2,1H3. The molecule has 0 saturated heterocycles. The van der Waals surface area contributed by atoms with Gasteiger partial charge in [0.1, 0.15) is 11.3 Å². The van der Waals surface area contributed by atoms with Crippen molar-refractivity contribution in [3.8, 4) is 5.75 Å². The molecule has 154 valence electrons. The SMILES string of the molecule is Cc1ccc2c(c1)c(O)c(C1=Nc3ccccc3S(=O)(=O)C1)c(=O)n2CCC1CC1. The molecule has 0 radical (unpaired) electrons. The molecule has 1 aliphatic heterocycles. The summed E-state index contributed by atoms with van der Waals surface area (Å²) in [5.74, 6) is 0.0240. The van der Waals surface area contributed by atoms with Gasteiger partial charge >= 0.3 is 0 Å². The summed E-state index contributed by atoms with van der Waals surface area (Å²) in [5, 5.41) is 11.6. The molecule has 1 saturated carbocycles. The topological polar surface area (TPSA) is 88.7 Å². The number of hydrogen-bond donors (Lipinski definition) is 1. The first-order valence-corrected chi connectivity index (χ1v) is 11.8. The molecule has 2 heterocycles. The summed E-state index contributed by atoms with van der Waals surface area (Å²) in [6.07, 6.45) is 3.25. The highest BCUT2D eigenvalue weighted by Crippen LogP contribution is 2.36. The molecule has 0 atom stereocenters. The Bertz CT molecular complexity index is 1380. The molecule has 3 aromatic rings. The highest BCUT2D eigenvalue weighted by Gasteiger charge is 2.31. The molecule has 5 rings (SSSR count). The van der Waals surface area contributed by atoms with Crippen molar-refractivity contribution in [2.75, 3.05) is 5.75 Å². The summed E-state index contributed by atoms with van der Waals surface area (Å²) in [6.45, 7) is 2.45. The number of fused-ring (bicyclic) bond motifs is 2. The second kappa shape index (κ2) is 6.80. The van der Waals surface area contributed by atoms with E-state index in [1.54, 1.807) is 22.8 Å². The molecule has 1 aliphatic carbocycles. The van der Waals surface area contributed by atoms with Crippen molar-refractivity contribution in [2.24, 2.45) is 10.9 Å². The van der Waals surface area contributed by atoms with Gasteiger partial charge in [-0.3, -0.25) is 9.79 Å². The molecule has 1 N–H and O–H groups in total. The second-order valence-corrected chi connectivity index (χ2v) is 10.2. The van der Waals surface area contributed by atoms with Gasteiger partial charge in [0.05, 0.1) is 27.6 Å². The fraction of sp³-hybridized carbons (Fsp3) is 0.304.